The third-order valence-electron chi connectivity index (χ3n) is 7.63. The largest absolute Gasteiger partial charge is 0.392 e. The Balaban J connectivity index is 1.20. The van der Waals surface area contributed by atoms with E-state index in [2.05, 4.69) is 20.8 Å². The van der Waals surface area contributed by atoms with Crippen molar-refractivity contribution < 1.29 is 29.4 Å². The molecule has 3 aromatic carbocycles. The molecule has 4 aromatic rings. The Hall–Kier alpha value is -4.14. The number of hydrogen-bond donors (Lipinski definition) is 4. The highest BCUT2D eigenvalue weighted by Gasteiger charge is 2.32. The number of nitrogens with zero attached hydrogens (tertiary/aromatic N) is 4. The summed E-state index contributed by atoms with van der Waals surface area (Å²) >= 11 is 1.52. The van der Waals surface area contributed by atoms with Gasteiger partial charge < -0.3 is 19.9 Å². The molecule has 1 aromatic heterocycles. The van der Waals surface area contributed by atoms with Gasteiger partial charge in [0.1, 0.15) is 0 Å². The number of tetrazole rings is 1. The summed E-state index contributed by atoms with van der Waals surface area (Å²) in [6.07, 6.45) is 2.27. The van der Waals surface area contributed by atoms with Crippen LogP contribution in [0.5, 0.6) is 0 Å². The predicted molar refractivity (Wildman–Crippen MR) is 170 cm³/mol. The first-order chi connectivity index (χ1) is 22.5. The smallest absolute Gasteiger partial charge is 0.243 e. The lowest BCUT2D eigenvalue weighted by Crippen LogP contribution is -2.31. The fraction of sp³-hybridized carbons (Fsp3) is 0.364. The zero-order valence-electron chi connectivity index (χ0n) is 25.3. The van der Waals surface area contributed by atoms with E-state index in [-0.39, 0.29) is 31.1 Å². The highest BCUT2D eigenvalue weighted by molar-refractivity contribution is 7.99. The Kier molecular flexibility index (Phi) is 12.3. The molecule has 1 saturated heterocycles. The molecule has 1 aliphatic rings. The normalized spacial score (nSPS) is 17.8. The van der Waals surface area contributed by atoms with Crippen LogP contribution < -0.4 is 10.8 Å². The van der Waals surface area contributed by atoms with Crippen LogP contribution in [0, 0.1) is 0 Å². The van der Waals surface area contributed by atoms with Crippen molar-refractivity contribution in [2.24, 2.45) is 0 Å². The van der Waals surface area contributed by atoms with Crippen LogP contribution >= 0.6 is 11.8 Å². The van der Waals surface area contributed by atoms with Crippen molar-refractivity contribution >= 4 is 23.6 Å². The minimum atomic E-state index is -0.608. The molecule has 4 N–H and O–H groups in total. The first-order valence-corrected chi connectivity index (χ1v) is 16.3. The van der Waals surface area contributed by atoms with Gasteiger partial charge in [-0.15, -0.1) is 5.10 Å². The van der Waals surface area contributed by atoms with Crippen LogP contribution in [0.1, 0.15) is 73.2 Å². The number of hydroxylamine groups is 1. The summed E-state index contributed by atoms with van der Waals surface area (Å²) in [6.45, 7) is 0.374. The zero-order valence-corrected chi connectivity index (χ0v) is 26.1. The van der Waals surface area contributed by atoms with E-state index >= 15 is 0 Å². The standard InChI is InChI=1S/C33H38N6O6S/c40-21-24-13-15-25(16-14-24)29-19-28(22-46-33-35-37-38-39(33)27-7-3-1-4-8-27)44-32(45-29)26-17-11-23(12-18-26)20-34-30(41)9-5-2-6-10-31(42)36-43/h1,3-4,7-8,11-18,28-29,32,40,43H,2,5-6,9-10,19-22H2,(H,34,41)(H,36,42)/t28-,29+,32+/m0/s1. The van der Waals surface area contributed by atoms with Gasteiger partial charge in [-0.2, -0.15) is 4.68 Å². The molecule has 2 amide bonds. The molecule has 2 heterocycles. The Morgan fingerprint density at radius 3 is 2.28 bits per heavy atom. The maximum Gasteiger partial charge on any atom is 0.243 e. The first kappa shape index (κ1) is 33.2. The second kappa shape index (κ2) is 17.0. The van der Waals surface area contributed by atoms with Crippen molar-refractivity contribution in [3.63, 3.8) is 0 Å². The number of amides is 2. The second-order valence-corrected chi connectivity index (χ2v) is 12.0. The van der Waals surface area contributed by atoms with Gasteiger partial charge in [0, 0.05) is 37.1 Å². The number of ether oxygens (including phenoxy) is 2. The molecule has 12 nitrogen and oxygen atoms in total. The average Bonchev–Trinajstić information content (AvgIpc) is 3.59. The van der Waals surface area contributed by atoms with Gasteiger partial charge in [0.05, 0.1) is 24.5 Å². The topological polar surface area (TPSA) is 161 Å². The van der Waals surface area contributed by atoms with E-state index in [0.717, 1.165) is 34.4 Å². The third-order valence-corrected chi connectivity index (χ3v) is 8.68. The molecule has 0 saturated carbocycles. The molecule has 3 atom stereocenters. The molecule has 13 heteroatoms. The second-order valence-electron chi connectivity index (χ2n) is 11.0. The summed E-state index contributed by atoms with van der Waals surface area (Å²) in [4.78, 5) is 23.3. The van der Waals surface area contributed by atoms with Gasteiger partial charge in [-0.05, 0) is 52.1 Å². The summed E-state index contributed by atoms with van der Waals surface area (Å²) in [6, 6.07) is 25.3. The fourth-order valence-corrected chi connectivity index (χ4v) is 5.98. The van der Waals surface area contributed by atoms with E-state index in [9.17, 15) is 14.7 Å². The number of unbranched alkanes of at least 4 members (excludes halogenated alkanes) is 2. The number of carbonyl (C=O) groups excluding carboxylic acids is 2. The van der Waals surface area contributed by atoms with Crippen molar-refractivity contribution in [2.45, 2.75) is 75.3 Å². The van der Waals surface area contributed by atoms with Crippen LogP contribution in [0.3, 0.4) is 0 Å². The van der Waals surface area contributed by atoms with Crippen molar-refractivity contribution in [3.05, 3.63) is 101 Å². The summed E-state index contributed by atoms with van der Waals surface area (Å²) < 4.78 is 14.6. The van der Waals surface area contributed by atoms with Gasteiger partial charge >= 0.3 is 0 Å². The molecule has 1 fully saturated rings. The van der Waals surface area contributed by atoms with Crippen LogP contribution in [0.25, 0.3) is 5.69 Å². The van der Waals surface area contributed by atoms with Gasteiger partial charge in [-0.3, -0.25) is 14.8 Å². The van der Waals surface area contributed by atoms with Crippen LogP contribution in [0.4, 0.5) is 0 Å². The Morgan fingerprint density at radius 2 is 1.57 bits per heavy atom. The van der Waals surface area contributed by atoms with E-state index in [4.69, 9.17) is 14.7 Å². The minimum absolute atomic E-state index is 0.0226. The molecule has 0 spiro atoms. The SMILES string of the molecule is O=C(CCCCCC(=O)NCc1ccc([C@@H]2O[C@H](CSc3nnnn3-c3ccccc3)C[C@H](c3ccc(CO)cc3)O2)cc1)NO. The minimum Gasteiger partial charge on any atom is -0.392 e. The van der Waals surface area contributed by atoms with Crippen molar-refractivity contribution in [2.75, 3.05) is 5.75 Å². The van der Waals surface area contributed by atoms with Crippen molar-refractivity contribution in [1.82, 2.24) is 31.0 Å². The molecule has 242 valence electrons. The zero-order chi connectivity index (χ0) is 32.1. The Bertz CT molecular complexity index is 1540. The summed E-state index contributed by atoms with van der Waals surface area (Å²) in [7, 11) is 0. The number of nitrogens with one attached hydrogen (secondary N) is 2. The number of benzene rings is 3. The van der Waals surface area contributed by atoms with Gasteiger partial charge in [0.2, 0.25) is 17.0 Å². The summed E-state index contributed by atoms with van der Waals surface area (Å²) in [5, 5.41) is 33.9. The van der Waals surface area contributed by atoms with Gasteiger partial charge in [-0.25, -0.2) is 5.48 Å². The van der Waals surface area contributed by atoms with Gasteiger partial charge in [-0.1, -0.05) is 84.9 Å². The number of aliphatic hydroxyl groups is 1. The molecule has 0 aliphatic carbocycles. The number of aromatic nitrogens is 4. The Labute approximate surface area is 271 Å². The van der Waals surface area contributed by atoms with Crippen LogP contribution in [-0.2, 0) is 32.2 Å². The molecule has 1 aliphatic heterocycles. The van der Waals surface area contributed by atoms with Gasteiger partial charge in [0.15, 0.2) is 6.29 Å². The maximum absolute atomic E-state index is 12.3. The Morgan fingerprint density at radius 1 is 0.870 bits per heavy atom. The molecule has 0 unspecified atom stereocenters. The number of para-hydroxylation sites is 1. The number of thioether (sulfide) groups is 1. The highest BCUT2D eigenvalue weighted by atomic mass is 32.2. The van der Waals surface area contributed by atoms with Crippen molar-refractivity contribution in [3.8, 4) is 5.69 Å². The number of aliphatic hydroxyl groups excluding tert-OH is 1. The number of rotatable bonds is 15. The summed E-state index contributed by atoms with van der Waals surface area (Å²) in [5.74, 6) is 0.139. The van der Waals surface area contributed by atoms with Crippen LogP contribution in [0.2, 0.25) is 0 Å². The monoisotopic (exact) mass is 646 g/mol. The van der Waals surface area contributed by atoms with E-state index in [0.29, 0.717) is 43.1 Å². The van der Waals surface area contributed by atoms with E-state index in [1.165, 1.54) is 11.8 Å². The van der Waals surface area contributed by atoms with Crippen LogP contribution in [-0.4, -0.2) is 54.2 Å². The number of carbonyl (C=O) groups is 2. The lowest BCUT2D eigenvalue weighted by atomic mass is 10.0. The van der Waals surface area contributed by atoms with E-state index < -0.39 is 12.2 Å². The fourth-order valence-electron chi connectivity index (χ4n) is 5.08. The van der Waals surface area contributed by atoms with E-state index in [1.807, 2.05) is 78.9 Å². The molecular weight excluding hydrogens is 608 g/mol. The quantitative estimate of drug-likeness (QED) is 0.0624. The lowest BCUT2D eigenvalue weighted by molar-refractivity contribution is -0.245. The molecule has 0 bridgehead atoms. The first-order valence-electron chi connectivity index (χ1n) is 15.3. The molecule has 46 heavy (non-hydrogen) atoms. The molecule has 5 rings (SSSR count). The van der Waals surface area contributed by atoms with E-state index in [1.54, 1.807) is 10.2 Å². The van der Waals surface area contributed by atoms with Gasteiger partial charge in [0.25, 0.3) is 0 Å². The average molecular weight is 647 g/mol. The number of hydrogen-bond acceptors (Lipinski definition) is 10. The molecule has 0 radical (unpaired) electrons. The van der Waals surface area contributed by atoms with Crippen LogP contribution in [0.15, 0.2) is 84.0 Å². The lowest BCUT2D eigenvalue weighted by Gasteiger charge is -2.36. The molecular formula is C33H38N6O6S. The third kappa shape index (κ3) is 9.44. The van der Waals surface area contributed by atoms with Crippen molar-refractivity contribution in [1.29, 1.82) is 0 Å². The summed E-state index contributed by atoms with van der Waals surface area (Å²) in [5.41, 5.74) is 6.14. The predicted octanol–water partition coefficient (Wildman–Crippen LogP) is 4.56. The maximum atomic E-state index is 12.3. The highest BCUT2D eigenvalue weighted by Crippen LogP contribution is 2.39.